The monoisotopic (exact) mass is 1070 g/mol. The van der Waals surface area contributed by atoms with E-state index in [4.69, 9.17) is 10.7 Å². The van der Waals surface area contributed by atoms with Gasteiger partial charge in [-0.3, -0.25) is 9.79 Å². The van der Waals surface area contributed by atoms with Gasteiger partial charge in [-0.1, -0.05) is 90.8 Å². The average Bonchev–Trinajstić information content (AvgIpc) is 4.35. The van der Waals surface area contributed by atoms with Gasteiger partial charge in [0.2, 0.25) is 0 Å². The van der Waals surface area contributed by atoms with E-state index in [0.717, 1.165) is 63.0 Å². The highest BCUT2D eigenvalue weighted by Crippen LogP contribution is 2.76. The van der Waals surface area contributed by atoms with Crippen LogP contribution in [0.25, 0.3) is 0 Å². The average molecular weight is 1070 g/mol. The van der Waals surface area contributed by atoms with E-state index in [1.807, 2.05) is 23.3 Å². The van der Waals surface area contributed by atoms with Crippen molar-refractivity contribution in [2.24, 2.45) is 103 Å². The van der Waals surface area contributed by atoms with Gasteiger partial charge >= 0.3 is 0 Å². The number of carbonyl (C=O) groups excluding carboxylic acids is 1. The van der Waals surface area contributed by atoms with E-state index in [0.29, 0.717) is 59.7 Å². The molecule has 0 amide bonds. The van der Waals surface area contributed by atoms with Gasteiger partial charge in [0.25, 0.3) is 0 Å². The van der Waals surface area contributed by atoms with Crippen LogP contribution >= 0.6 is 21.6 Å². The highest BCUT2D eigenvalue weighted by Gasteiger charge is 2.75. The summed E-state index contributed by atoms with van der Waals surface area (Å²) in [7, 11) is 3.67. The van der Waals surface area contributed by atoms with E-state index in [2.05, 4.69) is 48.8 Å². The number of allylic oxidation sites excluding steroid dienone is 3. The number of nitrogens with one attached hydrogen (secondary N) is 1. The molecular weight excluding hydrogens is 979 g/mol. The van der Waals surface area contributed by atoms with Crippen LogP contribution in [0, 0.1) is 92.7 Å². The van der Waals surface area contributed by atoms with Crippen molar-refractivity contribution >= 4 is 33.3 Å². The lowest BCUT2D eigenvalue weighted by atomic mass is 9.40. The van der Waals surface area contributed by atoms with Crippen LogP contribution in [0.5, 0.6) is 0 Å². The van der Waals surface area contributed by atoms with Crippen LogP contribution in [0.2, 0.25) is 0 Å². The van der Waals surface area contributed by atoms with E-state index in [-0.39, 0.29) is 78.8 Å². The first-order chi connectivity index (χ1) is 35.9. The summed E-state index contributed by atoms with van der Waals surface area (Å²) >= 11 is 0. The van der Waals surface area contributed by atoms with Gasteiger partial charge < -0.3 is 46.3 Å². The Bertz CT molecular complexity index is 2470. The maximum Gasteiger partial charge on any atom is 0.190 e. The minimum absolute atomic E-state index is 0.101. The zero-order valence-corrected chi connectivity index (χ0v) is 47.3. The molecule has 10 aliphatic carbocycles. The number of guanidine groups is 1. The molecule has 11 aliphatic rings. The number of nitrogens with two attached hydrogens (primary N) is 1. The fourth-order valence-electron chi connectivity index (χ4n) is 21.3. The third-order valence-electron chi connectivity index (χ3n) is 23.6. The van der Waals surface area contributed by atoms with E-state index >= 15 is 4.79 Å². The lowest BCUT2D eigenvalue weighted by Gasteiger charge is -2.65. The summed E-state index contributed by atoms with van der Waals surface area (Å²) in [5.41, 5.74) is 10.2. The molecule has 7 saturated carbocycles. The van der Waals surface area contributed by atoms with Crippen LogP contribution in [-0.2, 0) is 4.79 Å². The van der Waals surface area contributed by atoms with Crippen molar-refractivity contribution in [1.82, 2.24) is 14.9 Å². The summed E-state index contributed by atoms with van der Waals surface area (Å²) in [5, 5.41) is 78.2. The lowest BCUT2D eigenvalue weighted by Crippen LogP contribution is -2.68. The standard InChI is InChI=1S/C61H91N5O7S2/c1-33(2)9-7-16-59-27-49(71)48(70)22-45(59)47(69)23-46-52(59)37(28-64-56(62)65-34(3)68)25-60(31-67)44-21-39(61(46,60)73)29-74-75-30-40(66-18-17-63-32-66)26-57(4,5)54-43-19-35-13-14-38-11-8-15-58(38,24-35)53(43)41-12-6-10-36-20-42(44)55(72)51(54)50(36)41/h17-18,23,32-40,42,44-45,48-49,51-53,55,67-68,70-73H,6-16,19-22,24-31H2,1-5H3,(H3,62,64,65). The second-order valence-electron chi connectivity index (χ2n) is 28.1. The number of hydrogen-bond acceptors (Lipinski definition) is 11. The van der Waals surface area contributed by atoms with Gasteiger partial charge in [-0.05, 0) is 185 Å². The van der Waals surface area contributed by atoms with E-state index < -0.39 is 52.8 Å². The molecule has 8 fully saturated rings. The van der Waals surface area contributed by atoms with Crippen molar-refractivity contribution in [3.05, 3.63) is 52.7 Å². The second kappa shape index (κ2) is 19.8. The summed E-state index contributed by atoms with van der Waals surface area (Å²) in [6.45, 7) is 11.0. The molecule has 1 aliphatic heterocycles. The first-order valence-electron chi connectivity index (χ1n) is 29.9. The molecule has 1 saturated heterocycles. The predicted octanol–water partition coefficient (Wildman–Crippen LogP) is 8.92. The summed E-state index contributed by atoms with van der Waals surface area (Å²) in [4.78, 5) is 24.8. The molecule has 14 heteroatoms. The zero-order chi connectivity index (χ0) is 52.6. The number of rotatable bonds is 9. The van der Waals surface area contributed by atoms with E-state index in [1.54, 1.807) is 40.5 Å². The molecule has 12 rings (SSSR count). The highest BCUT2D eigenvalue weighted by molar-refractivity contribution is 8.76. The zero-order valence-electron chi connectivity index (χ0n) is 45.7. The van der Waals surface area contributed by atoms with Gasteiger partial charge in [-0.25, -0.2) is 4.98 Å². The van der Waals surface area contributed by atoms with Crippen molar-refractivity contribution < 1.29 is 35.4 Å². The van der Waals surface area contributed by atoms with Gasteiger partial charge in [-0.2, -0.15) is 0 Å². The molecule has 9 N–H and O–H groups in total. The Morgan fingerprint density at radius 1 is 0.973 bits per heavy atom. The molecule has 75 heavy (non-hydrogen) atoms. The molecule has 2 heterocycles. The lowest BCUT2D eigenvalue weighted by molar-refractivity contribution is -0.189. The number of fused-ring (bicyclic) bond motifs is 14. The molecule has 414 valence electrons. The van der Waals surface area contributed by atoms with Crippen LogP contribution in [-0.4, -0.2) is 107 Å². The summed E-state index contributed by atoms with van der Waals surface area (Å²) in [5.74, 6) is 1.83. The maximum atomic E-state index is 15.3. The van der Waals surface area contributed by atoms with E-state index in [1.165, 1.54) is 44.1 Å². The summed E-state index contributed by atoms with van der Waals surface area (Å²) in [6.07, 6.45) is 22.1. The molecule has 0 aromatic carbocycles. The Balaban J connectivity index is 1.05. The summed E-state index contributed by atoms with van der Waals surface area (Å²) < 4.78 is 2.32. The van der Waals surface area contributed by atoms with Crippen LogP contribution in [0.3, 0.4) is 0 Å². The normalized spacial score (nSPS) is 46.5. The van der Waals surface area contributed by atoms with E-state index in [9.17, 15) is 30.6 Å². The topological polar surface area (TPSA) is 207 Å². The van der Waals surface area contributed by atoms with Crippen LogP contribution in [0.15, 0.2) is 57.7 Å². The number of aliphatic hydroxyl groups excluding tert-OH is 5. The minimum Gasteiger partial charge on any atom is -0.396 e. The first kappa shape index (κ1) is 53.5. The number of nitrogens with zero attached hydrogens (tertiary/aromatic N) is 3. The van der Waals surface area contributed by atoms with Crippen molar-refractivity contribution in [2.45, 2.75) is 193 Å². The van der Waals surface area contributed by atoms with Gasteiger partial charge in [0, 0.05) is 65.6 Å². The van der Waals surface area contributed by atoms with Crippen molar-refractivity contribution in [3.8, 4) is 0 Å². The molecule has 20 atom stereocenters. The molecule has 1 spiro atoms. The molecule has 1 aromatic rings. The third kappa shape index (κ3) is 8.27. The Hall–Kier alpha value is -2.17. The van der Waals surface area contributed by atoms with Gasteiger partial charge in [0.15, 0.2) is 11.7 Å². The number of carbonyl (C=O) groups is 1. The number of aliphatic hydroxyl groups is 6. The molecular formula is C61H91N5O7S2. The fourth-order valence-corrected chi connectivity index (χ4v) is 24.0. The quantitative estimate of drug-likeness (QED) is 0.0384. The van der Waals surface area contributed by atoms with Crippen LogP contribution < -0.4 is 11.1 Å². The number of imidazole rings is 1. The number of aromatic nitrogens is 2. The van der Waals surface area contributed by atoms with Crippen molar-refractivity contribution in [3.63, 3.8) is 0 Å². The number of ketones is 1. The Labute approximate surface area is 454 Å². The minimum atomic E-state index is -1.62. The van der Waals surface area contributed by atoms with Gasteiger partial charge in [-0.15, -0.1) is 0 Å². The Kier molecular flexibility index (Phi) is 14.1. The predicted molar refractivity (Wildman–Crippen MR) is 297 cm³/mol. The number of aliphatic imine (C=N–C) groups is 1. The maximum absolute atomic E-state index is 15.3. The molecule has 6 bridgehead atoms. The SMILES string of the molecule is CC(C)CCCC12CC(O)C(O)CC1C(=O)C=C1C2C(CN=C(N)NC(C)O)CC2(CO)C3CC(CSSCC(n4ccnc4)CC(C)(C)C4=C5CC6CCC7CCCC7(C6)C5C5=C6C(CCC5)CC3C(O)C64)C12O. The highest BCUT2D eigenvalue weighted by atomic mass is 33.1. The largest absolute Gasteiger partial charge is 0.396 e. The number of hydrogen-bond donors (Lipinski definition) is 8. The van der Waals surface area contributed by atoms with Gasteiger partial charge in [0.05, 0.1) is 36.8 Å². The summed E-state index contributed by atoms with van der Waals surface area (Å²) in [6, 6.07) is 0.144. The Morgan fingerprint density at radius 2 is 1.79 bits per heavy atom. The Morgan fingerprint density at radius 3 is 2.55 bits per heavy atom. The van der Waals surface area contributed by atoms with Crippen molar-refractivity contribution in [1.29, 1.82) is 0 Å². The molecule has 12 nitrogen and oxygen atoms in total. The second-order valence-corrected chi connectivity index (χ2v) is 30.6. The molecule has 1 aromatic heterocycles. The van der Waals surface area contributed by atoms with Crippen molar-refractivity contribution in [2.75, 3.05) is 24.7 Å². The van der Waals surface area contributed by atoms with Crippen LogP contribution in [0.4, 0.5) is 0 Å². The van der Waals surface area contributed by atoms with Gasteiger partial charge in [0.1, 0.15) is 6.23 Å². The third-order valence-corrected chi connectivity index (χ3v) is 26.1. The molecule has 20 unspecified atom stereocenters. The van der Waals surface area contributed by atoms with Crippen LogP contribution in [0.1, 0.15) is 163 Å². The first-order valence-corrected chi connectivity index (χ1v) is 32.4. The fraction of sp³-hybridized carbons (Fsp3) is 0.820. The smallest absolute Gasteiger partial charge is 0.190 e. The molecule has 0 radical (unpaired) electrons.